The van der Waals surface area contributed by atoms with E-state index in [2.05, 4.69) is 40.2 Å². The van der Waals surface area contributed by atoms with Gasteiger partial charge in [0, 0.05) is 12.3 Å². The highest BCUT2D eigenvalue weighted by atomic mass is 32.2. The van der Waals surface area contributed by atoms with Crippen LogP contribution in [0.15, 0.2) is 35.3 Å². The average molecular weight is 204 g/mol. The van der Waals surface area contributed by atoms with Gasteiger partial charge in [0.2, 0.25) is 0 Å². The van der Waals surface area contributed by atoms with E-state index in [9.17, 15) is 0 Å². The van der Waals surface area contributed by atoms with Crippen molar-refractivity contribution in [1.29, 1.82) is 0 Å². The van der Waals surface area contributed by atoms with Crippen LogP contribution in [0.1, 0.15) is 11.6 Å². The number of hydrogen-bond donors (Lipinski definition) is 0. The molecule has 3 rings (SSSR count). The highest BCUT2D eigenvalue weighted by Gasteiger charge is 2.32. The number of thioether (sulfide) groups is 1. The van der Waals surface area contributed by atoms with E-state index in [1.54, 1.807) is 0 Å². The van der Waals surface area contributed by atoms with Crippen molar-refractivity contribution >= 4 is 16.9 Å². The third-order valence-electron chi connectivity index (χ3n) is 2.77. The molecule has 1 aromatic rings. The molecule has 0 amide bonds. The van der Waals surface area contributed by atoms with Crippen molar-refractivity contribution in [3.05, 3.63) is 35.9 Å². The van der Waals surface area contributed by atoms with Crippen molar-refractivity contribution in [2.75, 3.05) is 18.8 Å². The van der Waals surface area contributed by atoms with Crippen LogP contribution in [0.4, 0.5) is 0 Å². The molecule has 0 unspecified atom stereocenters. The van der Waals surface area contributed by atoms with E-state index in [1.165, 1.54) is 16.5 Å². The number of benzene rings is 1. The predicted octanol–water partition coefficient (Wildman–Crippen LogP) is 2.15. The Morgan fingerprint density at radius 2 is 2.14 bits per heavy atom. The van der Waals surface area contributed by atoms with E-state index in [4.69, 9.17) is 0 Å². The lowest BCUT2D eigenvalue weighted by Crippen LogP contribution is -2.25. The lowest BCUT2D eigenvalue weighted by molar-refractivity contribution is 0.381. The molecule has 0 spiro atoms. The summed E-state index contributed by atoms with van der Waals surface area (Å²) < 4.78 is 0. The summed E-state index contributed by atoms with van der Waals surface area (Å²) in [6.45, 7) is 2.09. The first-order chi connectivity index (χ1) is 6.95. The molecule has 2 aliphatic rings. The second-order valence-electron chi connectivity index (χ2n) is 3.59. The molecule has 0 saturated carbocycles. The molecular weight excluding hydrogens is 192 g/mol. The van der Waals surface area contributed by atoms with Crippen LogP contribution in [0.2, 0.25) is 0 Å². The molecule has 1 saturated heterocycles. The Morgan fingerprint density at radius 3 is 3.00 bits per heavy atom. The third kappa shape index (κ3) is 1.23. The highest BCUT2D eigenvalue weighted by Crippen LogP contribution is 2.33. The van der Waals surface area contributed by atoms with Crippen molar-refractivity contribution in [2.45, 2.75) is 6.04 Å². The smallest absolute Gasteiger partial charge is 0.159 e. The van der Waals surface area contributed by atoms with Gasteiger partial charge >= 0.3 is 0 Å². The minimum Gasteiger partial charge on any atom is -0.342 e. The van der Waals surface area contributed by atoms with Crippen molar-refractivity contribution in [1.82, 2.24) is 4.90 Å². The molecule has 72 valence electrons. The first-order valence-corrected chi connectivity index (χ1v) is 5.92. The molecule has 2 aliphatic heterocycles. The van der Waals surface area contributed by atoms with Gasteiger partial charge in [-0.1, -0.05) is 42.1 Å². The Morgan fingerprint density at radius 1 is 1.29 bits per heavy atom. The zero-order valence-electron chi connectivity index (χ0n) is 7.89. The summed E-state index contributed by atoms with van der Waals surface area (Å²) in [4.78, 5) is 6.99. The van der Waals surface area contributed by atoms with Crippen LogP contribution in [0.5, 0.6) is 0 Å². The van der Waals surface area contributed by atoms with E-state index in [-0.39, 0.29) is 0 Å². The normalized spacial score (nSPS) is 25.0. The lowest BCUT2D eigenvalue weighted by atomic mass is 10.1. The van der Waals surface area contributed by atoms with Crippen molar-refractivity contribution < 1.29 is 0 Å². The first-order valence-electron chi connectivity index (χ1n) is 4.94. The molecule has 1 fully saturated rings. The number of hydrogen-bond acceptors (Lipinski definition) is 3. The molecule has 0 aromatic heterocycles. The largest absolute Gasteiger partial charge is 0.342 e. The van der Waals surface area contributed by atoms with E-state index in [0.717, 1.165) is 13.1 Å². The molecule has 1 aromatic carbocycles. The number of rotatable bonds is 1. The Kier molecular flexibility index (Phi) is 1.98. The standard InChI is InChI=1S/C11H12N2S/c1-2-4-9(5-3-1)10-8-12-11-13(10)6-7-14-11/h1-5,10H,6-8H2/t10-/m1/s1. The van der Waals surface area contributed by atoms with Gasteiger partial charge in [-0.25, -0.2) is 0 Å². The zero-order chi connectivity index (χ0) is 9.38. The fourth-order valence-electron chi connectivity index (χ4n) is 2.06. The fourth-order valence-corrected chi connectivity index (χ4v) is 3.08. The summed E-state index contributed by atoms with van der Waals surface area (Å²) in [5, 5.41) is 1.25. The van der Waals surface area contributed by atoms with Crippen LogP contribution in [-0.2, 0) is 0 Å². The fraction of sp³-hybridized carbons (Fsp3) is 0.364. The number of fused-ring (bicyclic) bond motifs is 1. The van der Waals surface area contributed by atoms with Gasteiger partial charge in [0.05, 0.1) is 12.6 Å². The number of nitrogens with zero attached hydrogens (tertiary/aromatic N) is 2. The maximum Gasteiger partial charge on any atom is 0.159 e. The molecule has 2 heterocycles. The summed E-state index contributed by atoms with van der Waals surface area (Å²) in [6, 6.07) is 11.2. The topological polar surface area (TPSA) is 15.6 Å². The minimum absolute atomic E-state index is 0.501. The van der Waals surface area contributed by atoms with Crippen LogP contribution in [0, 0.1) is 0 Å². The van der Waals surface area contributed by atoms with Gasteiger partial charge in [-0.05, 0) is 5.56 Å². The maximum atomic E-state index is 4.56. The van der Waals surface area contributed by atoms with E-state index >= 15 is 0 Å². The molecule has 3 heteroatoms. The predicted molar refractivity (Wildman–Crippen MR) is 60.6 cm³/mol. The van der Waals surface area contributed by atoms with E-state index in [0.29, 0.717) is 6.04 Å². The molecular formula is C11H12N2S. The SMILES string of the molecule is c1ccc([C@H]2CN=C3SCCN32)cc1. The molecule has 0 radical (unpaired) electrons. The van der Waals surface area contributed by atoms with Crippen LogP contribution in [0.25, 0.3) is 0 Å². The van der Waals surface area contributed by atoms with Gasteiger partial charge in [-0.2, -0.15) is 0 Å². The molecule has 0 N–H and O–H groups in total. The van der Waals surface area contributed by atoms with Crippen LogP contribution >= 0.6 is 11.8 Å². The second kappa shape index (κ2) is 3.31. The monoisotopic (exact) mass is 204 g/mol. The van der Waals surface area contributed by atoms with Crippen LogP contribution in [-0.4, -0.2) is 28.9 Å². The second-order valence-corrected chi connectivity index (χ2v) is 4.65. The first kappa shape index (κ1) is 8.36. The summed E-state index contributed by atoms with van der Waals surface area (Å²) in [6.07, 6.45) is 0. The van der Waals surface area contributed by atoms with E-state index < -0.39 is 0 Å². The molecule has 0 bridgehead atoms. The zero-order valence-corrected chi connectivity index (χ0v) is 8.70. The quantitative estimate of drug-likeness (QED) is 0.696. The Balaban J connectivity index is 1.89. The summed E-state index contributed by atoms with van der Waals surface area (Å²) in [5.41, 5.74) is 1.40. The molecule has 0 aliphatic carbocycles. The van der Waals surface area contributed by atoms with Gasteiger partial charge < -0.3 is 4.90 Å². The Hall–Kier alpha value is -0.960. The molecule has 1 atom stereocenters. The maximum absolute atomic E-state index is 4.56. The van der Waals surface area contributed by atoms with Crippen LogP contribution in [0.3, 0.4) is 0 Å². The minimum atomic E-state index is 0.501. The molecule has 2 nitrogen and oxygen atoms in total. The number of aliphatic imine (C=N–C) groups is 1. The lowest BCUT2D eigenvalue weighted by Gasteiger charge is -2.21. The summed E-state index contributed by atoms with van der Waals surface area (Å²) in [7, 11) is 0. The van der Waals surface area contributed by atoms with Crippen molar-refractivity contribution in [3.8, 4) is 0 Å². The van der Waals surface area contributed by atoms with Crippen LogP contribution < -0.4 is 0 Å². The summed E-state index contributed by atoms with van der Waals surface area (Å²) in [5.74, 6) is 1.20. The molecule has 14 heavy (non-hydrogen) atoms. The van der Waals surface area contributed by atoms with Crippen molar-refractivity contribution in [3.63, 3.8) is 0 Å². The Labute approximate surface area is 88.0 Å². The highest BCUT2D eigenvalue weighted by molar-refractivity contribution is 8.14. The number of amidine groups is 1. The summed E-state index contributed by atoms with van der Waals surface area (Å²) >= 11 is 1.89. The average Bonchev–Trinajstić information content (AvgIpc) is 2.79. The van der Waals surface area contributed by atoms with Gasteiger partial charge in [0.25, 0.3) is 0 Å². The van der Waals surface area contributed by atoms with Gasteiger partial charge in [-0.3, -0.25) is 4.99 Å². The van der Waals surface area contributed by atoms with E-state index in [1.807, 2.05) is 11.8 Å². The van der Waals surface area contributed by atoms with Gasteiger partial charge in [-0.15, -0.1) is 0 Å². The van der Waals surface area contributed by atoms with Gasteiger partial charge in [0.15, 0.2) is 5.17 Å². The van der Waals surface area contributed by atoms with Crippen molar-refractivity contribution in [2.24, 2.45) is 4.99 Å². The Bertz CT molecular complexity index is 361. The third-order valence-corrected chi connectivity index (χ3v) is 3.78. The van der Waals surface area contributed by atoms with Gasteiger partial charge in [0.1, 0.15) is 0 Å².